The monoisotopic (exact) mass is 416 g/mol. The van der Waals surface area contributed by atoms with Crippen LogP contribution in [0.4, 0.5) is 4.39 Å². The quantitative estimate of drug-likeness (QED) is 0.771. The number of hydrogen-bond acceptors (Lipinski definition) is 4. The second kappa shape index (κ2) is 7.92. The van der Waals surface area contributed by atoms with Gasteiger partial charge in [-0.15, -0.1) is 12.4 Å². The number of nitrogens with two attached hydrogens (primary N) is 1. The molecule has 2 atom stereocenters. The van der Waals surface area contributed by atoms with Crippen LogP contribution < -0.4 is 15.2 Å². The van der Waals surface area contributed by atoms with Crippen molar-refractivity contribution in [1.29, 1.82) is 0 Å². The van der Waals surface area contributed by atoms with E-state index < -0.39 is 15.8 Å². The van der Waals surface area contributed by atoms with E-state index in [2.05, 4.69) is 20.7 Å². The van der Waals surface area contributed by atoms with E-state index in [1.54, 1.807) is 0 Å². The second-order valence-electron chi connectivity index (χ2n) is 5.07. The Balaban J connectivity index is 0.00000242. The topological polar surface area (TPSA) is 81.4 Å². The molecule has 2 unspecified atom stereocenters. The molecule has 2 rings (SSSR count). The van der Waals surface area contributed by atoms with Crippen LogP contribution in [-0.2, 0) is 10.0 Å². The van der Waals surface area contributed by atoms with E-state index in [4.69, 9.17) is 10.5 Å². The molecular weight excluding hydrogens is 399 g/mol. The Hall–Kier alpha value is -0.410. The summed E-state index contributed by atoms with van der Waals surface area (Å²) in [6.45, 7) is 0.430. The van der Waals surface area contributed by atoms with Crippen molar-refractivity contribution < 1.29 is 17.5 Å². The molecule has 0 amide bonds. The number of halogens is 3. The van der Waals surface area contributed by atoms with Gasteiger partial charge >= 0.3 is 0 Å². The van der Waals surface area contributed by atoms with Crippen LogP contribution in [0.25, 0.3) is 0 Å². The molecule has 22 heavy (non-hydrogen) atoms. The fourth-order valence-electron chi connectivity index (χ4n) is 2.62. The highest BCUT2D eigenvalue weighted by Crippen LogP contribution is 2.32. The predicted octanol–water partition coefficient (Wildman–Crippen LogP) is 2.42. The molecule has 0 bridgehead atoms. The molecule has 1 aromatic carbocycles. The van der Waals surface area contributed by atoms with Gasteiger partial charge in [0.15, 0.2) is 0 Å². The van der Waals surface area contributed by atoms with E-state index in [1.807, 2.05) is 0 Å². The number of benzene rings is 1. The number of rotatable bonds is 5. The maximum Gasteiger partial charge on any atom is 0.244 e. The van der Waals surface area contributed by atoms with E-state index in [9.17, 15) is 12.8 Å². The van der Waals surface area contributed by atoms with E-state index >= 15 is 0 Å². The number of sulfonamides is 1. The summed E-state index contributed by atoms with van der Waals surface area (Å²) in [7, 11) is -2.52. The Bertz CT molecular complexity index is 630. The van der Waals surface area contributed by atoms with Crippen LogP contribution in [-0.4, -0.2) is 28.1 Å². The molecule has 9 heteroatoms. The highest BCUT2D eigenvalue weighted by molar-refractivity contribution is 9.10. The van der Waals surface area contributed by atoms with Crippen LogP contribution >= 0.6 is 28.3 Å². The normalized spacial score (nSPS) is 21.5. The van der Waals surface area contributed by atoms with Gasteiger partial charge in [-0.1, -0.05) is 6.42 Å². The number of ether oxygens (including phenoxy) is 1. The van der Waals surface area contributed by atoms with E-state index in [1.165, 1.54) is 13.2 Å². The lowest BCUT2D eigenvalue weighted by Gasteiger charge is -2.20. The SMILES string of the molecule is COc1cc(Br)c(F)cc1S(=O)(=O)NC1CCCC1CN.Cl. The van der Waals surface area contributed by atoms with Gasteiger partial charge in [-0.25, -0.2) is 17.5 Å². The smallest absolute Gasteiger partial charge is 0.244 e. The molecule has 5 nitrogen and oxygen atoms in total. The molecule has 0 spiro atoms. The zero-order valence-corrected chi connectivity index (χ0v) is 15.2. The minimum atomic E-state index is -3.86. The van der Waals surface area contributed by atoms with Crippen molar-refractivity contribution in [2.75, 3.05) is 13.7 Å². The third-order valence-electron chi connectivity index (χ3n) is 3.76. The lowest BCUT2D eigenvalue weighted by atomic mass is 10.1. The summed E-state index contributed by atoms with van der Waals surface area (Å²) < 4.78 is 46.4. The van der Waals surface area contributed by atoms with Crippen LogP contribution in [0.2, 0.25) is 0 Å². The molecule has 1 saturated carbocycles. The molecule has 126 valence electrons. The van der Waals surface area contributed by atoms with Crippen molar-refractivity contribution in [2.24, 2.45) is 11.7 Å². The van der Waals surface area contributed by atoms with Crippen molar-refractivity contribution in [1.82, 2.24) is 4.72 Å². The average Bonchev–Trinajstić information content (AvgIpc) is 2.87. The molecule has 1 fully saturated rings. The van der Waals surface area contributed by atoms with Crippen LogP contribution in [0.1, 0.15) is 19.3 Å². The lowest BCUT2D eigenvalue weighted by Crippen LogP contribution is -2.39. The van der Waals surface area contributed by atoms with Crippen LogP contribution in [0.15, 0.2) is 21.5 Å². The Labute approximate surface area is 144 Å². The first-order valence-electron chi connectivity index (χ1n) is 6.64. The van der Waals surface area contributed by atoms with Gasteiger partial charge in [0.2, 0.25) is 10.0 Å². The zero-order chi connectivity index (χ0) is 15.6. The molecule has 3 N–H and O–H groups in total. The van der Waals surface area contributed by atoms with Gasteiger partial charge in [0.25, 0.3) is 0 Å². The van der Waals surface area contributed by atoms with Gasteiger partial charge in [0.05, 0.1) is 11.6 Å². The Morgan fingerprint density at radius 1 is 1.45 bits per heavy atom. The Kier molecular flexibility index (Phi) is 7.07. The largest absolute Gasteiger partial charge is 0.495 e. The minimum absolute atomic E-state index is 0. The highest BCUT2D eigenvalue weighted by Gasteiger charge is 2.32. The van der Waals surface area contributed by atoms with Gasteiger partial charge in [-0.05, 0) is 53.4 Å². The van der Waals surface area contributed by atoms with Gasteiger partial charge in [0.1, 0.15) is 16.5 Å². The molecule has 0 saturated heterocycles. The molecule has 1 aliphatic rings. The van der Waals surface area contributed by atoms with Gasteiger partial charge in [-0.2, -0.15) is 0 Å². The van der Waals surface area contributed by atoms with E-state index in [-0.39, 0.29) is 39.5 Å². The van der Waals surface area contributed by atoms with Crippen molar-refractivity contribution in [2.45, 2.75) is 30.2 Å². The number of methoxy groups -OCH3 is 1. The second-order valence-corrected chi connectivity index (χ2v) is 7.61. The third-order valence-corrected chi connectivity index (χ3v) is 5.88. The summed E-state index contributed by atoms with van der Waals surface area (Å²) in [5.74, 6) is -0.442. The Morgan fingerprint density at radius 2 is 2.14 bits per heavy atom. The van der Waals surface area contributed by atoms with Crippen molar-refractivity contribution in [3.63, 3.8) is 0 Å². The molecule has 0 radical (unpaired) electrons. The fourth-order valence-corrected chi connectivity index (χ4v) is 4.44. The van der Waals surface area contributed by atoms with Gasteiger partial charge in [-0.3, -0.25) is 0 Å². The predicted molar refractivity (Wildman–Crippen MR) is 88.4 cm³/mol. The third kappa shape index (κ3) is 4.11. The van der Waals surface area contributed by atoms with Crippen molar-refractivity contribution in [3.8, 4) is 5.75 Å². The standard InChI is InChI=1S/C13H18BrFN2O3S.ClH/c1-20-12-5-9(14)10(15)6-13(12)21(18,19)17-11-4-2-3-8(11)7-16;/h5-6,8,11,17H,2-4,7,16H2,1H3;1H. The molecule has 0 aromatic heterocycles. The summed E-state index contributed by atoms with van der Waals surface area (Å²) in [5, 5.41) is 0. The number of hydrogen-bond donors (Lipinski definition) is 2. The summed E-state index contributed by atoms with van der Waals surface area (Å²) in [5.41, 5.74) is 5.66. The maximum absolute atomic E-state index is 13.7. The van der Waals surface area contributed by atoms with Gasteiger partial charge in [0, 0.05) is 6.04 Å². The fraction of sp³-hybridized carbons (Fsp3) is 0.538. The molecule has 0 aliphatic heterocycles. The first-order valence-corrected chi connectivity index (χ1v) is 8.92. The Morgan fingerprint density at radius 3 is 2.73 bits per heavy atom. The molecule has 1 aliphatic carbocycles. The summed E-state index contributed by atoms with van der Waals surface area (Å²) in [6, 6.07) is 2.05. The van der Waals surface area contributed by atoms with Crippen LogP contribution in [0.3, 0.4) is 0 Å². The maximum atomic E-state index is 13.7. The van der Waals surface area contributed by atoms with Crippen molar-refractivity contribution in [3.05, 3.63) is 22.4 Å². The highest BCUT2D eigenvalue weighted by atomic mass is 79.9. The number of nitrogens with one attached hydrogen (secondary N) is 1. The summed E-state index contributed by atoms with van der Waals surface area (Å²) in [4.78, 5) is -0.201. The molecule has 0 heterocycles. The first-order chi connectivity index (χ1) is 9.89. The van der Waals surface area contributed by atoms with Crippen LogP contribution in [0.5, 0.6) is 5.75 Å². The zero-order valence-electron chi connectivity index (χ0n) is 12.0. The summed E-state index contributed by atoms with van der Waals surface area (Å²) >= 11 is 3.01. The summed E-state index contributed by atoms with van der Waals surface area (Å²) in [6.07, 6.45) is 2.57. The minimum Gasteiger partial charge on any atom is -0.495 e. The van der Waals surface area contributed by atoms with E-state index in [0.29, 0.717) is 6.54 Å². The average molecular weight is 418 g/mol. The lowest BCUT2D eigenvalue weighted by molar-refractivity contribution is 0.398. The molecule has 1 aromatic rings. The van der Waals surface area contributed by atoms with Crippen molar-refractivity contribution >= 4 is 38.4 Å². The van der Waals surface area contributed by atoms with Crippen LogP contribution in [0, 0.1) is 11.7 Å². The van der Waals surface area contributed by atoms with E-state index in [0.717, 1.165) is 25.3 Å². The molecular formula is C13H19BrClFN2O3S. The van der Waals surface area contributed by atoms with Gasteiger partial charge < -0.3 is 10.5 Å². The first kappa shape index (κ1) is 19.6.